The Morgan fingerprint density at radius 3 is 2.47 bits per heavy atom. The van der Waals surface area contributed by atoms with Crippen LogP contribution in [0.4, 0.5) is 0 Å². The summed E-state index contributed by atoms with van der Waals surface area (Å²) >= 11 is 0. The summed E-state index contributed by atoms with van der Waals surface area (Å²) in [5.41, 5.74) is 1.62. The van der Waals surface area contributed by atoms with Crippen LogP contribution in [-0.4, -0.2) is 19.2 Å². The molecule has 0 unspecified atom stereocenters. The number of rotatable bonds is 5. The molecule has 0 saturated carbocycles. The predicted molar refractivity (Wildman–Crippen MR) is 67.7 cm³/mol. The smallest absolute Gasteiger partial charge is 0.338 e. The van der Waals surface area contributed by atoms with Crippen molar-refractivity contribution in [2.24, 2.45) is 0 Å². The molecule has 0 aromatic heterocycles. The van der Waals surface area contributed by atoms with Crippen LogP contribution in [0.3, 0.4) is 0 Å². The first-order valence-corrected chi connectivity index (χ1v) is 6.04. The fourth-order valence-electron chi connectivity index (χ4n) is 1.63. The Kier molecular flexibility index (Phi) is 5.01. The highest BCUT2D eigenvalue weighted by atomic mass is 16.5. The lowest BCUT2D eigenvalue weighted by Gasteiger charge is -2.14. The van der Waals surface area contributed by atoms with Gasteiger partial charge < -0.3 is 9.47 Å². The molecule has 1 rings (SSSR count). The topological polar surface area (TPSA) is 35.5 Å². The number of benzene rings is 1. The monoisotopic (exact) mass is 236 g/mol. The first-order chi connectivity index (χ1) is 8.10. The standard InChI is InChI=1S/C14H20O3/c1-5-16-13-8-7-11(14(15)17-6-2)9-12(13)10(3)4/h7-10H,5-6H2,1-4H3. The van der Waals surface area contributed by atoms with Gasteiger partial charge in [-0.25, -0.2) is 4.79 Å². The van der Waals surface area contributed by atoms with Crippen molar-refractivity contribution in [2.45, 2.75) is 33.6 Å². The molecule has 3 heteroatoms. The molecule has 0 aliphatic heterocycles. The number of ether oxygens (including phenoxy) is 2. The van der Waals surface area contributed by atoms with Gasteiger partial charge in [0.05, 0.1) is 18.8 Å². The molecule has 0 N–H and O–H groups in total. The molecule has 0 fully saturated rings. The highest BCUT2D eigenvalue weighted by Gasteiger charge is 2.13. The van der Waals surface area contributed by atoms with Gasteiger partial charge >= 0.3 is 5.97 Å². The van der Waals surface area contributed by atoms with Crippen molar-refractivity contribution in [3.8, 4) is 5.75 Å². The van der Waals surface area contributed by atoms with E-state index in [2.05, 4.69) is 13.8 Å². The molecule has 0 aliphatic carbocycles. The molecule has 0 aliphatic rings. The van der Waals surface area contributed by atoms with Gasteiger partial charge in [-0.2, -0.15) is 0 Å². The van der Waals surface area contributed by atoms with Crippen LogP contribution in [0.5, 0.6) is 5.75 Å². The third-order valence-corrected chi connectivity index (χ3v) is 2.44. The summed E-state index contributed by atoms with van der Waals surface area (Å²) in [6.07, 6.45) is 0. The molecular formula is C14H20O3. The molecule has 0 bridgehead atoms. The van der Waals surface area contributed by atoms with Gasteiger partial charge in [0.2, 0.25) is 0 Å². The Morgan fingerprint density at radius 2 is 1.94 bits per heavy atom. The maximum atomic E-state index is 11.6. The van der Waals surface area contributed by atoms with Crippen molar-refractivity contribution >= 4 is 5.97 Å². The number of hydrogen-bond acceptors (Lipinski definition) is 3. The van der Waals surface area contributed by atoms with Crippen LogP contribution in [0, 0.1) is 0 Å². The number of carbonyl (C=O) groups is 1. The maximum absolute atomic E-state index is 11.6. The second-order valence-electron chi connectivity index (χ2n) is 4.06. The van der Waals surface area contributed by atoms with E-state index in [4.69, 9.17) is 9.47 Å². The van der Waals surface area contributed by atoms with E-state index >= 15 is 0 Å². The normalized spacial score (nSPS) is 10.4. The number of carbonyl (C=O) groups excluding carboxylic acids is 1. The van der Waals surface area contributed by atoms with Crippen LogP contribution in [0.2, 0.25) is 0 Å². The summed E-state index contributed by atoms with van der Waals surface area (Å²) < 4.78 is 10.5. The van der Waals surface area contributed by atoms with E-state index in [0.29, 0.717) is 24.7 Å². The van der Waals surface area contributed by atoms with Gasteiger partial charge in [0.25, 0.3) is 0 Å². The fourth-order valence-corrected chi connectivity index (χ4v) is 1.63. The van der Waals surface area contributed by atoms with E-state index in [1.807, 2.05) is 19.1 Å². The van der Waals surface area contributed by atoms with Crippen molar-refractivity contribution < 1.29 is 14.3 Å². The summed E-state index contributed by atoms with van der Waals surface area (Å²) in [5, 5.41) is 0. The van der Waals surface area contributed by atoms with Gasteiger partial charge in [-0.05, 0) is 43.5 Å². The van der Waals surface area contributed by atoms with Gasteiger partial charge in [-0.15, -0.1) is 0 Å². The summed E-state index contributed by atoms with van der Waals surface area (Å²) in [5.74, 6) is 0.874. The van der Waals surface area contributed by atoms with E-state index < -0.39 is 0 Å². The molecule has 94 valence electrons. The average molecular weight is 236 g/mol. The van der Waals surface area contributed by atoms with Gasteiger partial charge in [0.15, 0.2) is 0 Å². The van der Waals surface area contributed by atoms with Crippen LogP contribution in [0.25, 0.3) is 0 Å². The van der Waals surface area contributed by atoms with Gasteiger partial charge in [0.1, 0.15) is 5.75 Å². The van der Waals surface area contributed by atoms with Crippen LogP contribution >= 0.6 is 0 Å². The van der Waals surface area contributed by atoms with E-state index in [-0.39, 0.29) is 5.97 Å². The maximum Gasteiger partial charge on any atom is 0.338 e. The minimum absolute atomic E-state index is 0.280. The summed E-state index contributed by atoms with van der Waals surface area (Å²) in [6.45, 7) is 8.92. The Balaban J connectivity index is 3.05. The zero-order chi connectivity index (χ0) is 12.8. The third-order valence-electron chi connectivity index (χ3n) is 2.44. The van der Waals surface area contributed by atoms with Crippen molar-refractivity contribution in [3.05, 3.63) is 29.3 Å². The van der Waals surface area contributed by atoms with Gasteiger partial charge in [-0.1, -0.05) is 13.8 Å². The Bertz CT molecular complexity index is 383. The lowest BCUT2D eigenvalue weighted by atomic mass is 9.99. The third kappa shape index (κ3) is 3.48. The second kappa shape index (κ2) is 6.28. The molecule has 0 heterocycles. The van der Waals surface area contributed by atoms with E-state index in [9.17, 15) is 4.79 Å². The first kappa shape index (κ1) is 13.6. The Labute approximate surface area is 103 Å². The summed E-state index contributed by atoms with van der Waals surface area (Å²) in [6, 6.07) is 5.44. The first-order valence-electron chi connectivity index (χ1n) is 6.04. The lowest BCUT2D eigenvalue weighted by molar-refractivity contribution is 0.0526. The molecular weight excluding hydrogens is 216 g/mol. The molecule has 1 aromatic carbocycles. The SMILES string of the molecule is CCOC(=O)c1ccc(OCC)c(C(C)C)c1. The van der Waals surface area contributed by atoms with Gasteiger partial charge in [-0.3, -0.25) is 0 Å². The average Bonchev–Trinajstić information content (AvgIpc) is 2.30. The molecule has 0 radical (unpaired) electrons. The molecule has 0 saturated heterocycles. The molecule has 3 nitrogen and oxygen atoms in total. The molecule has 0 spiro atoms. The number of hydrogen-bond donors (Lipinski definition) is 0. The summed E-state index contributed by atoms with van der Waals surface area (Å²) in [7, 11) is 0. The van der Waals surface area contributed by atoms with Crippen molar-refractivity contribution in [1.82, 2.24) is 0 Å². The second-order valence-corrected chi connectivity index (χ2v) is 4.06. The van der Waals surface area contributed by atoms with E-state index in [1.54, 1.807) is 13.0 Å². The van der Waals surface area contributed by atoms with E-state index in [0.717, 1.165) is 11.3 Å². The lowest BCUT2D eigenvalue weighted by Crippen LogP contribution is -2.06. The van der Waals surface area contributed by atoms with E-state index in [1.165, 1.54) is 0 Å². The highest BCUT2D eigenvalue weighted by molar-refractivity contribution is 5.89. The van der Waals surface area contributed by atoms with Crippen LogP contribution in [0.15, 0.2) is 18.2 Å². The van der Waals surface area contributed by atoms with Crippen LogP contribution in [0.1, 0.15) is 49.5 Å². The zero-order valence-electron chi connectivity index (χ0n) is 10.9. The van der Waals surface area contributed by atoms with Crippen molar-refractivity contribution in [3.63, 3.8) is 0 Å². The number of esters is 1. The van der Waals surface area contributed by atoms with Crippen LogP contribution < -0.4 is 4.74 Å². The fraction of sp³-hybridized carbons (Fsp3) is 0.500. The Morgan fingerprint density at radius 1 is 1.24 bits per heavy atom. The quantitative estimate of drug-likeness (QED) is 0.735. The minimum atomic E-state index is -0.280. The van der Waals surface area contributed by atoms with Crippen molar-refractivity contribution in [2.75, 3.05) is 13.2 Å². The zero-order valence-corrected chi connectivity index (χ0v) is 10.9. The molecule has 0 amide bonds. The highest BCUT2D eigenvalue weighted by Crippen LogP contribution is 2.27. The molecule has 1 aromatic rings. The summed E-state index contributed by atoms with van der Waals surface area (Å²) in [4.78, 5) is 11.6. The minimum Gasteiger partial charge on any atom is -0.494 e. The largest absolute Gasteiger partial charge is 0.494 e. The van der Waals surface area contributed by atoms with Crippen molar-refractivity contribution in [1.29, 1.82) is 0 Å². The predicted octanol–water partition coefficient (Wildman–Crippen LogP) is 3.39. The Hall–Kier alpha value is -1.51. The molecule has 0 atom stereocenters. The molecule has 17 heavy (non-hydrogen) atoms. The van der Waals surface area contributed by atoms with Gasteiger partial charge in [0, 0.05) is 0 Å². The van der Waals surface area contributed by atoms with Crippen LogP contribution in [-0.2, 0) is 4.74 Å².